The van der Waals surface area contributed by atoms with Gasteiger partial charge >= 0.3 is 0 Å². The predicted molar refractivity (Wildman–Crippen MR) is 115 cm³/mol. The predicted octanol–water partition coefficient (Wildman–Crippen LogP) is 4.75. The van der Waals surface area contributed by atoms with E-state index in [4.69, 9.17) is 0 Å². The van der Waals surface area contributed by atoms with Crippen LogP contribution in [0.3, 0.4) is 0 Å². The third-order valence-corrected chi connectivity index (χ3v) is 6.85. The van der Waals surface area contributed by atoms with Gasteiger partial charge in [0.05, 0.1) is 0 Å². The highest BCUT2D eigenvalue weighted by Gasteiger charge is 2.24. The fraction of sp³-hybridized carbons (Fsp3) is 0.261. The molecule has 0 spiro atoms. The summed E-state index contributed by atoms with van der Waals surface area (Å²) in [5, 5.41) is 4.23. The van der Waals surface area contributed by atoms with Crippen molar-refractivity contribution in [3.05, 3.63) is 68.8 Å². The molecule has 1 aliphatic rings. The Kier molecular flexibility index (Phi) is 3.74. The zero-order valence-electron chi connectivity index (χ0n) is 15.8. The first-order valence-electron chi connectivity index (χ1n) is 9.34. The monoisotopic (exact) mass is 374 g/mol. The van der Waals surface area contributed by atoms with E-state index in [1.807, 2.05) is 11.4 Å². The summed E-state index contributed by atoms with van der Waals surface area (Å²) < 4.78 is 0.809. The molecule has 2 aromatic carbocycles. The van der Waals surface area contributed by atoms with Crippen molar-refractivity contribution in [1.82, 2.24) is 9.88 Å². The molecule has 0 radical (unpaired) electrons. The van der Waals surface area contributed by atoms with Crippen molar-refractivity contribution < 1.29 is 0 Å². The Labute approximate surface area is 162 Å². The zero-order valence-corrected chi connectivity index (χ0v) is 16.6. The van der Waals surface area contributed by atoms with Crippen molar-refractivity contribution in [1.29, 1.82) is 0 Å². The molecule has 1 atom stereocenters. The van der Waals surface area contributed by atoms with Gasteiger partial charge < -0.3 is 9.88 Å². The lowest BCUT2D eigenvalue weighted by atomic mass is 9.92. The van der Waals surface area contributed by atoms with E-state index >= 15 is 0 Å². The number of fused-ring (bicyclic) bond motifs is 4. The summed E-state index contributed by atoms with van der Waals surface area (Å²) in [5.74, 6) is 0. The van der Waals surface area contributed by atoms with Crippen LogP contribution in [0.2, 0.25) is 0 Å². The first kappa shape index (κ1) is 16.7. The van der Waals surface area contributed by atoms with Crippen molar-refractivity contribution >= 4 is 32.3 Å². The molecule has 1 N–H and O–H groups in total. The first-order valence-corrected chi connectivity index (χ1v) is 10.2. The Balaban J connectivity index is 1.77. The van der Waals surface area contributed by atoms with Crippen LogP contribution in [0.15, 0.2) is 46.6 Å². The van der Waals surface area contributed by atoms with Gasteiger partial charge in [0.1, 0.15) is 4.70 Å². The van der Waals surface area contributed by atoms with Crippen LogP contribution in [-0.4, -0.2) is 30.0 Å². The number of likely N-dealkylation sites (N-methyl/N-ethyl adjacent to an activating group) is 1. The maximum Gasteiger partial charge on any atom is 0.266 e. The third-order valence-electron chi connectivity index (χ3n) is 5.94. The Morgan fingerprint density at radius 2 is 1.89 bits per heavy atom. The van der Waals surface area contributed by atoms with Crippen LogP contribution in [0, 0.1) is 6.92 Å². The molecule has 3 nitrogen and oxygen atoms in total. The average molecular weight is 375 g/mol. The van der Waals surface area contributed by atoms with E-state index in [2.05, 4.69) is 61.2 Å². The molecule has 0 aliphatic heterocycles. The number of benzene rings is 2. The summed E-state index contributed by atoms with van der Waals surface area (Å²) >= 11 is 1.51. The van der Waals surface area contributed by atoms with Crippen LogP contribution in [0.25, 0.3) is 32.1 Å². The Morgan fingerprint density at radius 1 is 1.07 bits per heavy atom. The maximum absolute atomic E-state index is 12.4. The number of aromatic amines is 1. The largest absolute Gasteiger partial charge is 0.321 e. The van der Waals surface area contributed by atoms with Crippen LogP contribution in [0.1, 0.15) is 16.7 Å². The molecule has 0 saturated heterocycles. The van der Waals surface area contributed by atoms with Gasteiger partial charge in [0.25, 0.3) is 5.56 Å². The third kappa shape index (κ3) is 2.55. The number of pyridine rings is 1. The number of nitrogens with zero attached hydrogens (tertiary/aromatic N) is 1. The van der Waals surface area contributed by atoms with Crippen LogP contribution in [0.5, 0.6) is 0 Å². The van der Waals surface area contributed by atoms with Gasteiger partial charge in [0.2, 0.25) is 0 Å². The Morgan fingerprint density at radius 3 is 2.70 bits per heavy atom. The summed E-state index contributed by atoms with van der Waals surface area (Å²) in [4.78, 5) is 17.8. The van der Waals surface area contributed by atoms with Crippen molar-refractivity contribution in [3.8, 4) is 11.1 Å². The molecule has 1 aliphatic carbocycles. The fourth-order valence-electron chi connectivity index (χ4n) is 4.44. The minimum atomic E-state index is 0.00470. The van der Waals surface area contributed by atoms with Crippen molar-refractivity contribution in [2.24, 2.45) is 0 Å². The molecule has 2 heterocycles. The second-order valence-electron chi connectivity index (χ2n) is 7.81. The number of hydrogen-bond acceptors (Lipinski definition) is 3. The highest BCUT2D eigenvalue weighted by Crippen LogP contribution is 2.38. The van der Waals surface area contributed by atoms with E-state index in [-0.39, 0.29) is 5.56 Å². The van der Waals surface area contributed by atoms with Crippen molar-refractivity contribution in [2.45, 2.75) is 25.8 Å². The molecule has 0 fully saturated rings. The Hall–Kier alpha value is -2.43. The minimum Gasteiger partial charge on any atom is -0.321 e. The van der Waals surface area contributed by atoms with Crippen LogP contribution < -0.4 is 5.56 Å². The fourth-order valence-corrected chi connectivity index (χ4v) is 5.23. The number of rotatable bonds is 2. The molecule has 27 heavy (non-hydrogen) atoms. The Bertz CT molecular complexity index is 1250. The molecule has 0 bridgehead atoms. The molecule has 2 aromatic heterocycles. The van der Waals surface area contributed by atoms with Gasteiger partial charge in [-0.15, -0.1) is 11.3 Å². The number of aryl methyl sites for hydroxylation is 1. The number of thiophene rings is 1. The zero-order chi connectivity index (χ0) is 18.7. The molecule has 4 aromatic rings. The normalized spacial score (nSPS) is 16.5. The van der Waals surface area contributed by atoms with Gasteiger partial charge in [-0.3, -0.25) is 4.79 Å². The first-order chi connectivity index (χ1) is 13.0. The summed E-state index contributed by atoms with van der Waals surface area (Å²) in [6.45, 7) is 2.16. The minimum absolute atomic E-state index is 0.00470. The number of H-pyrrole nitrogens is 1. The second kappa shape index (κ2) is 6.04. The molecule has 0 saturated carbocycles. The van der Waals surface area contributed by atoms with E-state index in [0.717, 1.165) is 33.8 Å². The molecule has 5 rings (SSSR count). The van der Waals surface area contributed by atoms with E-state index < -0.39 is 0 Å². The number of aromatic nitrogens is 1. The molecular formula is C23H22N2OS. The molecular weight excluding hydrogens is 352 g/mol. The molecule has 1 unspecified atom stereocenters. The van der Waals surface area contributed by atoms with Gasteiger partial charge in [-0.2, -0.15) is 0 Å². The summed E-state index contributed by atoms with van der Waals surface area (Å²) in [6, 6.07) is 13.7. The smallest absolute Gasteiger partial charge is 0.266 e. The quantitative estimate of drug-likeness (QED) is 0.550. The van der Waals surface area contributed by atoms with Gasteiger partial charge in [0, 0.05) is 22.3 Å². The van der Waals surface area contributed by atoms with Gasteiger partial charge in [0.15, 0.2) is 0 Å². The molecule has 136 valence electrons. The molecule has 4 heteroatoms. The van der Waals surface area contributed by atoms with Gasteiger partial charge in [-0.1, -0.05) is 24.3 Å². The molecule has 0 amide bonds. The van der Waals surface area contributed by atoms with E-state index in [0.29, 0.717) is 6.04 Å². The summed E-state index contributed by atoms with van der Waals surface area (Å²) in [7, 11) is 4.33. The second-order valence-corrected chi connectivity index (χ2v) is 8.72. The van der Waals surface area contributed by atoms with E-state index in [9.17, 15) is 4.79 Å². The van der Waals surface area contributed by atoms with Crippen LogP contribution >= 0.6 is 11.3 Å². The average Bonchev–Trinajstić information content (AvgIpc) is 3.29. The summed E-state index contributed by atoms with van der Waals surface area (Å²) in [6.07, 6.45) is 2.23. The van der Waals surface area contributed by atoms with E-state index in [1.54, 1.807) is 0 Å². The SMILES string of the molecule is Cc1ccc2[nH]c(=O)c3sccc3c2c1-c1ccc2c(c1)CC(N(C)C)C2. The maximum atomic E-state index is 12.4. The standard InChI is InChI=1S/C23H22N2OS/c1-13-4-7-19-21(18-8-9-27-22(18)23(26)24-19)20(13)15-6-5-14-11-17(25(2)3)12-16(14)10-15/h4-10,17H,11-12H2,1-3H3,(H,24,26). The highest BCUT2D eigenvalue weighted by molar-refractivity contribution is 7.17. The van der Waals surface area contributed by atoms with E-state index in [1.165, 1.54) is 39.2 Å². The summed E-state index contributed by atoms with van der Waals surface area (Å²) in [5.41, 5.74) is 7.56. The van der Waals surface area contributed by atoms with Gasteiger partial charge in [-0.05, 0) is 79.2 Å². The lowest BCUT2D eigenvalue weighted by molar-refractivity contribution is 0.303. The lowest BCUT2D eigenvalue weighted by Gasteiger charge is -2.17. The van der Waals surface area contributed by atoms with Crippen LogP contribution in [-0.2, 0) is 12.8 Å². The van der Waals surface area contributed by atoms with Crippen molar-refractivity contribution in [2.75, 3.05) is 14.1 Å². The highest BCUT2D eigenvalue weighted by atomic mass is 32.1. The van der Waals surface area contributed by atoms with Crippen molar-refractivity contribution in [3.63, 3.8) is 0 Å². The van der Waals surface area contributed by atoms with Crippen LogP contribution in [0.4, 0.5) is 0 Å². The van der Waals surface area contributed by atoms with Gasteiger partial charge in [-0.25, -0.2) is 0 Å². The topological polar surface area (TPSA) is 36.1 Å². The number of hydrogen-bond donors (Lipinski definition) is 1. The lowest BCUT2D eigenvalue weighted by Crippen LogP contribution is -2.27. The number of nitrogens with one attached hydrogen (secondary N) is 1.